The summed E-state index contributed by atoms with van der Waals surface area (Å²) in [6.45, 7) is 3.72. The Morgan fingerprint density at radius 3 is 2.74 bits per heavy atom. The van der Waals surface area contributed by atoms with E-state index >= 15 is 0 Å². The molecule has 1 aromatic rings. The summed E-state index contributed by atoms with van der Waals surface area (Å²) in [5, 5.41) is 10.4. The SMILES string of the molecule is CCOC(=O)c1c(NC(=O)CC2SC(=N)CC2=O)sc(Br)c1C. The first kappa shape index (κ1) is 18.2. The zero-order valence-electron chi connectivity index (χ0n) is 12.5. The van der Waals surface area contributed by atoms with Gasteiger partial charge >= 0.3 is 5.97 Å². The van der Waals surface area contributed by atoms with E-state index in [2.05, 4.69) is 21.2 Å². The first-order chi connectivity index (χ1) is 10.8. The maximum Gasteiger partial charge on any atom is 0.341 e. The molecule has 0 bridgehead atoms. The summed E-state index contributed by atoms with van der Waals surface area (Å²) >= 11 is 5.70. The third-order valence-corrected chi connectivity index (χ3v) is 6.39. The monoisotopic (exact) mass is 418 g/mol. The smallest absolute Gasteiger partial charge is 0.341 e. The number of Topliss-reactive ketones (excluding diaryl/α,β-unsaturated/α-hetero) is 1. The lowest BCUT2D eigenvalue weighted by molar-refractivity contribution is -0.121. The van der Waals surface area contributed by atoms with E-state index in [1.165, 1.54) is 11.3 Å². The van der Waals surface area contributed by atoms with E-state index in [4.69, 9.17) is 10.1 Å². The Bertz CT molecular complexity index is 687. The summed E-state index contributed by atoms with van der Waals surface area (Å²) in [5.74, 6) is -0.954. The molecule has 1 saturated heterocycles. The lowest BCUT2D eigenvalue weighted by atomic mass is 10.1. The molecule has 0 aromatic carbocycles. The second-order valence-electron chi connectivity index (χ2n) is 4.85. The van der Waals surface area contributed by atoms with Gasteiger partial charge in [-0.05, 0) is 35.3 Å². The number of rotatable bonds is 5. The summed E-state index contributed by atoms with van der Waals surface area (Å²) in [7, 11) is 0. The average molecular weight is 419 g/mol. The van der Waals surface area contributed by atoms with Gasteiger partial charge in [-0.2, -0.15) is 0 Å². The van der Waals surface area contributed by atoms with E-state index in [9.17, 15) is 14.4 Å². The summed E-state index contributed by atoms with van der Waals surface area (Å²) in [6.07, 6.45) is 0.0864. The third kappa shape index (κ3) is 4.21. The predicted molar refractivity (Wildman–Crippen MR) is 94.7 cm³/mol. The van der Waals surface area contributed by atoms with Crippen molar-refractivity contribution in [3.05, 3.63) is 14.9 Å². The van der Waals surface area contributed by atoms with Crippen molar-refractivity contribution < 1.29 is 19.1 Å². The van der Waals surface area contributed by atoms with Crippen LogP contribution in [0.5, 0.6) is 0 Å². The number of thiophene rings is 1. The maximum atomic E-state index is 12.2. The van der Waals surface area contributed by atoms with Crippen molar-refractivity contribution in [2.45, 2.75) is 31.9 Å². The van der Waals surface area contributed by atoms with E-state index in [1.54, 1.807) is 13.8 Å². The van der Waals surface area contributed by atoms with Crippen LogP contribution in [0.3, 0.4) is 0 Å². The van der Waals surface area contributed by atoms with Crippen molar-refractivity contribution in [3.63, 3.8) is 0 Å². The molecule has 1 amide bonds. The van der Waals surface area contributed by atoms with Crippen LogP contribution in [0.4, 0.5) is 5.00 Å². The molecule has 2 heterocycles. The van der Waals surface area contributed by atoms with E-state index in [1.807, 2.05) is 0 Å². The van der Waals surface area contributed by atoms with Gasteiger partial charge in [0.2, 0.25) is 5.91 Å². The van der Waals surface area contributed by atoms with Gasteiger partial charge in [-0.1, -0.05) is 11.8 Å². The van der Waals surface area contributed by atoms with E-state index in [0.717, 1.165) is 15.5 Å². The molecule has 0 saturated carbocycles. The Balaban J connectivity index is 2.12. The highest BCUT2D eigenvalue weighted by molar-refractivity contribution is 9.11. The van der Waals surface area contributed by atoms with Crippen LogP contribution in [0.1, 0.15) is 35.7 Å². The molecule has 23 heavy (non-hydrogen) atoms. The van der Waals surface area contributed by atoms with E-state index < -0.39 is 11.2 Å². The molecule has 1 aliphatic rings. The standard InChI is InChI=1S/C14H15BrN2O4S2/c1-3-21-14(20)11-6(2)12(15)23-13(11)17-10(19)5-8-7(18)4-9(16)22-8/h8,16H,3-5H2,1-2H3,(H,17,19). The lowest BCUT2D eigenvalue weighted by Crippen LogP contribution is -2.21. The van der Waals surface area contributed by atoms with Crippen LogP contribution < -0.4 is 5.32 Å². The molecule has 9 heteroatoms. The van der Waals surface area contributed by atoms with Crippen LogP contribution >= 0.6 is 39.0 Å². The second-order valence-corrected chi connectivity index (χ2v) is 8.49. The van der Waals surface area contributed by atoms with Gasteiger partial charge < -0.3 is 10.1 Å². The predicted octanol–water partition coefficient (Wildman–Crippen LogP) is 3.38. The van der Waals surface area contributed by atoms with Crippen LogP contribution in [0.15, 0.2) is 3.79 Å². The molecule has 0 radical (unpaired) electrons. The Morgan fingerprint density at radius 1 is 1.48 bits per heavy atom. The number of amides is 1. The second kappa shape index (κ2) is 7.59. The van der Waals surface area contributed by atoms with Crippen LogP contribution in [0, 0.1) is 12.3 Å². The molecule has 1 aromatic heterocycles. The van der Waals surface area contributed by atoms with Gasteiger partial charge in [0.25, 0.3) is 0 Å². The summed E-state index contributed by atoms with van der Waals surface area (Å²) in [4.78, 5) is 35.9. The van der Waals surface area contributed by atoms with Gasteiger partial charge in [-0.15, -0.1) is 11.3 Å². The molecular weight excluding hydrogens is 404 g/mol. The minimum absolute atomic E-state index is 0.0112. The van der Waals surface area contributed by atoms with Gasteiger partial charge in [0.05, 0.1) is 32.7 Å². The third-order valence-electron chi connectivity index (χ3n) is 3.17. The molecule has 6 nitrogen and oxygen atoms in total. The maximum absolute atomic E-state index is 12.2. The largest absolute Gasteiger partial charge is 0.462 e. The highest BCUT2D eigenvalue weighted by Crippen LogP contribution is 2.37. The number of esters is 1. The Labute approximate surface area is 150 Å². The number of carbonyl (C=O) groups is 3. The first-order valence-corrected chi connectivity index (χ1v) is 9.35. The molecule has 0 aliphatic carbocycles. The molecular formula is C14H15BrN2O4S2. The lowest BCUT2D eigenvalue weighted by Gasteiger charge is -2.09. The van der Waals surface area contributed by atoms with Crippen LogP contribution in [0.2, 0.25) is 0 Å². The molecule has 1 atom stereocenters. The summed E-state index contributed by atoms with van der Waals surface area (Å²) in [6, 6.07) is 0. The van der Waals surface area contributed by atoms with Gasteiger partial charge in [-0.25, -0.2) is 4.79 Å². The number of anilines is 1. The quantitative estimate of drug-likeness (QED) is 0.714. The normalized spacial score (nSPS) is 17.4. The Morgan fingerprint density at radius 2 is 2.17 bits per heavy atom. The van der Waals surface area contributed by atoms with Crippen LogP contribution in [-0.4, -0.2) is 34.6 Å². The summed E-state index contributed by atoms with van der Waals surface area (Å²) < 4.78 is 5.76. The molecule has 0 spiro atoms. The van der Waals surface area contributed by atoms with Crippen molar-refractivity contribution in [3.8, 4) is 0 Å². The molecule has 124 valence electrons. The van der Waals surface area contributed by atoms with E-state index in [0.29, 0.717) is 16.1 Å². The van der Waals surface area contributed by atoms with Gasteiger partial charge in [0, 0.05) is 6.42 Å². The average Bonchev–Trinajstić information content (AvgIpc) is 2.90. The minimum atomic E-state index is -0.516. The van der Waals surface area contributed by atoms with Gasteiger partial charge in [-0.3, -0.25) is 15.0 Å². The molecule has 2 rings (SSSR count). The van der Waals surface area contributed by atoms with E-state index in [-0.39, 0.29) is 36.2 Å². The van der Waals surface area contributed by atoms with Crippen molar-refractivity contribution >= 4 is 66.7 Å². The molecule has 2 N–H and O–H groups in total. The number of hydrogen-bond donors (Lipinski definition) is 2. The molecule has 1 aliphatic heterocycles. The highest BCUT2D eigenvalue weighted by Gasteiger charge is 2.32. The van der Waals surface area contributed by atoms with Gasteiger partial charge in [0.1, 0.15) is 5.00 Å². The Hall–Kier alpha value is -1.19. The van der Waals surface area contributed by atoms with Crippen LogP contribution in [0.25, 0.3) is 0 Å². The number of halogens is 1. The summed E-state index contributed by atoms with van der Waals surface area (Å²) in [5.41, 5.74) is 1.03. The Kier molecular flexibility index (Phi) is 5.99. The fraction of sp³-hybridized carbons (Fsp3) is 0.429. The number of carbonyl (C=O) groups excluding carboxylic acids is 3. The fourth-order valence-corrected chi connectivity index (χ4v) is 4.72. The highest BCUT2D eigenvalue weighted by atomic mass is 79.9. The number of hydrogen-bond acceptors (Lipinski definition) is 7. The number of nitrogens with one attached hydrogen (secondary N) is 2. The minimum Gasteiger partial charge on any atom is -0.462 e. The van der Waals surface area contributed by atoms with Crippen molar-refractivity contribution in [2.24, 2.45) is 0 Å². The number of thioether (sulfide) groups is 1. The van der Waals surface area contributed by atoms with Crippen molar-refractivity contribution in [1.82, 2.24) is 0 Å². The first-order valence-electron chi connectivity index (χ1n) is 6.86. The van der Waals surface area contributed by atoms with Crippen molar-refractivity contribution in [2.75, 3.05) is 11.9 Å². The van der Waals surface area contributed by atoms with Crippen LogP contribution in [-0.2, 0) is 14.3 Å². The van der Waals surface area contributed by atoms with Crippen molar-refractivity contribution in [1.29, 1.82) is 5.41 Å². The number of ether oxygens (including phenoxy) is 1. The van der Waals surface area contributed by atoms with Gasteiger partial charge in [0.15, 0.2) is 5.78 Å². The topological polar surface area (TPSA) is 96.3 Å². The molecule has 1 fully saturated rings. The number of ketones is 1. The zero-order chi connectivity index (χ0) is 17.1. The zero-order valence-corrected chi connectivity index (χ0v) is 15.7. The fourth-order valence-electron chi connectivity index (χ4n) is 2.08. The molecule has 1 unspecified atom stereocenters.